The largest absolute Gasteiger partial charge is 0.332 e. The third-order valence-corrected chi connectivity index (χ3v) is 5.63. The zero-order valence-corrected chi connectivity index (χ0v) is 16.6. The van der Waals surface area contributed by atoms with Crippen molar-refractivity contribution in [3.05, 3.63) is 68.2 Å². The van der Waals surface area contributed by atoms with Gasteiger partial charge in [-0.3, -0.25) is 13.9 Å². The second kappa shape index (κ2) is 7.68. The van der Waals surface area contributed by atoms with Crippen molar-refractivity contribution in [2.45, 2.75) is 30.9 Å². The molecule has 27 heavy (non-hydrogen) atoms. The quantitative estimate of drug-likeness (QED) is 0.631. The molecule has 3 aromatic rings. The van der Waals surface area contributed by atoms with Gasteiger partial charge in [-0.25, -0.2) is 14.2 Å². The molecule has 0 amide bonds. The summed E-state index contributed by atoms with van der Waals surface area (Å²) in [5.74, 6) is 0.621. The van der Waals surface area contributed by atoms with Crippen LogP contribution in [0.25, 0.3) is 11.0 Å². The van der Waals surface area contributed by atoms with Crippen LogP contribution < -0.4 is 11.2 Å². The number of nitrogens with zero attached hydrogens (tertiary/aromatic N) is 3. The first kappa shape index (κ1) is 19.4. The number of pyridine rings is 1. The van der Waals surface area contributed by atoms with Crippen LogP contribution in [0.5, 0.6) is 0 Å². The van der Waals surface area contributed by atoms with Crippen molar-refractivity contribution in [3.8, 4) is 0 Å². The molecule has 2 heterocycles. The Kier molecular flexibility index (Phi) is 5.51. The normalized spacial score (nSPS) is 11.5. The number of hydrogen-bond donors (Lipinski definition) is 0. The van der Waals surface area contributed by atoms with E-state index in [0.717, 1.165) is 27.0 Å². The van der Waals surface area contributed by atoms with E-state index in [4.69, 9.17) is 0 Å². The van der Waals surface area contributed by atoms with E-state index in [1.54, 1.807) is 19.3 Å². The van der Waals surface area contributed by atoms with Crippen LogP contribution in [-0.2, 0) is 26.3 Å². The van der Waals surface area contributed by atoms with Crippen molar-refractivity contribution in [2.24, 2.45) is 20.0 Å². The van der Waals surface area contributed by atoms with Crippen molar-refractivity contribution >= 4 is 22.8 Å². The maximum atomic E-state index is 13.5. The Balaban J connectivity index is 2.19. The van der Waals surface area contributed by atoms with E-state index >= 15 is 0 Å². The number of aryl methyl sites for hydroxylation is 1. The summed E-state index contributed by atoms with van der Waals surface area (Å²) in [6.45, 7) is 4.20. The van der Waals surface area contributed by atoms with Gasteiger partial charge in [-0.1, -0.05) is 26.0 Å². The lowest BCUT2D eigenvalue weighted by molar-refractivity contribution is 0.626. The molecular formula is C20H22FN3O2S. The number of hydrogen-bond acceptors (Lipinski definition) is 4. The molecule has 0 aliphatic heterocycles. The highest BCUT2D eigenvalue weighted by Gasteiger charge is 2.18. The van der Waals surface area contributed by atoms with Crippen LogP contribution in [-0.4, -0.2) is 14.1 Å². The maximum Gasteiger partial charge on any atom is 0.332 e. The molecular weight excluding hydrogens is 365 g/mol. The van der Waals surface area contributed by atoms with E-state index in [0.29, 0.717) is 22.7 Å². The molecule has 0 saturated carbocycles. The van der Waals surface area contributed by atoms with Crippen LogP contribution in [0.15, 0.2) is 44.9 Å². The van der Waals surface area contributed by atoms with Gasteiger partial charge in [0.2, 0.25) is 0 Å². The molecule has 0 bridgehead atoms. The summed E-state index contributed by atoms with van der Waals surface area (Å²) in [6.07, 6.45) is 2.51. The Hall–Kier alpha value is -2.41. The highest BCUT2D eigenvalue weighted by atomic mass is 32.2. The van der Waals surface area contributed by atoms with Gasteiger partial charge in [0.25, 0.3) is 5.56 Å². The second-order valence-electron chi connectivity index (χ2n) is 7.03. The second-order valence-corrected chi connectivity index (χ2v) is 8.02. The monoisotopic (exact) mass is 387 g/mol. The standard InChI is InChI=1S/C20H22FN3O2S/c1-12(2)8-14-10-22-18-16(19(25)24(4)20(26)23(18)3)17(14)27-11-13-6-5-7-15(21)9-13/h5-7,9-10,12H,8,11H2,1-4H3. The first-order chi connectivity index (χ1) is 12.8. The summed E-state index contributed by atoms with van der Waals surface area (Å²) >= 11 is 1.48. The van der Waals surface area contributed by atoms with Gasteiger partial charge in [0.1, 0.15) is 11.5 Å². The number of thioether (sulfide) groups is 1. The Labute approximate surface area is 160 Å². The van der Waals surface area contributed by atoms with Gasteiger partial charge in [-0.2, -0.15) is 0 Å². The zero-order chi connectivity index (χ0) is 19.7. The van der Waals surface area contributed by atoms with Crippen LogP contribution in [0.2, 0.25) is 0 Å². The van der Waals surface area contributed by atoms with Crippen LogP contribution in [0.4, 0.5) is 4.39 Å². The molecule has 5 nitrogen and oxygen atoms in total. The van der Waals surface area contributed by atoms with Crippen molar-refractivity contribution in [3.63, 3.8) is 0 Å². The average molecular weight is 387 g/mol. The van der Waals surface area contributed by atoms with E-state index in [9.17, 15) is 14.0 Å². The lowest BCUT2D eigenvalue weighted by Gasteiger charge is -2.15. The van der Waals surface area contributed by atoms with Crippen LogP contribution >= 0.6 is 11.8 Å². The first-order valence-corrected chi connectivity index (χ1v) is 9.73. The molecule has 3 rings (SSSR count). The molecule has 0 aliphatic rings. The Morgan fingerprint density at radius 1 is 1.19 bits per heavy atom. The van der Waals surface area contributed by atoms with Gasteiger partial charge in [0, 0.05) is 30.9 Å². The fourth-order valence-electron chi connectivity index (χ4n) is 3.07. The number of rotatable bonds is 5. The van der Waals surface area contributed by atoms with Gasteiger partial charge >= 0.3 is 5.69 Å². The summed E-state index contributed by atoms with van der Waals surface area (Å²) in [6, 6.07) is 6.43. The minimum absolute atomic E-state index is 0.284. The van der Waals surface area contributed by atoms with Crippen LogP contribution in [0.3, 0.4) is 0 Å². The molecule has 1 aromatic carbocycles. The lowest BCUT2D eigenvalue weighted by atomic mass is 10.0. The molecule has 0 radical (unpaired) electrons. The third kappa shape index (κ3) is 3.83. The van der Waals surface area contributed by atoms with E-state index in [1.807, 2.05) is 6.07 Å². The summed E-state index contributed by atoms with van der Waals surface area (Å²) in [4.78, 5) is 30.3. The molecule has 0 atom stereocenters. The molecule has 7 heteroatoms. The minimum atomic E-state index is -0.405. The van der Waals surface area contributed by atoms with Crippen LogP contribution in [0.1, 0.15) is 25.0 Å². The fourth-order valence-corrected chi connectivity index (χ4v) is 4.21. The summed E-state index contributed by atoms with van der Waals surface area (Å²) in [5, 5.41) is 0.444. The molecule has 0 unspecified atom stereocenters. The zero-order valence-electron chi connectivity index (χ0n) is 15.8. The number of benzene rings is 1. The minimum Gasteiger partial charge on any atom is -0.280 e. The highest BCUT2D eigenvalue weighted by molar-refractivity contribution is 7.98. The molecule has 142 valence electrons. The van der Waals surface area contributed by atoms with E-state index in [2.05, 4.69) is 18.8 Å². The summed E-state index contributed by atoms with van der Waals surface area (Å²) < 4.78 is 16.0. The van der Waals surface area contributed by atoms with Gasteiger partial charge in [-0.05, 0) is 35.6 Å². The molecule has 2 aromatic heterocycles. The maximum absolute atomic E-state index is 13.5. The average Bonchev–Trinajstić information content (AvgIpc) is 2.62. The van der Waals surface area contributed by atoms with Crippen LogP contribution in [0, 0.1) is 11.7 Å². The van der Waals surface area contributed by atoms with Gasteiger partial charge in [0.05, 0.1) is 5.39 Å². The van der Waals surface area contributed by atoms with E-state index in [1.165, 1.54) is 35.5 Å². The van der Waals surface area contributed by atoms with Crippen molar-refractivity contribution in [1.29, 1.82) is 0 Å². The van der Waals surface area contributed by atoms with Gasteiger partial charge < -0.3 is 0 Å². The summed E-state index contributed by atoms with van der Waals surface area (Å²) in [5.41, 5.74) is 1.42. The third-order valence-electron chi connectivity index (χ3n) is 4.40. The molecule has 0 N–H and O–H groups in total. The van der Waals surface area contributed by atoms with Crippen molar-refractivity contribution in [1.82, 2.24) is 14.1 Å². The number of aromatic nitrogens is 3. The SMILES string of the molecule is CC(C)Cc1cnc2c(c1SCc1cccc(F)c1)c(=O)n(C)c(=O)n2C. The van der Waals surface area contributed by atoms with Gasteiger partial charge in [0.15, 0.2) is 0 Å². The Morgan fingerprint density at radius 2 is 1.93 bits per heavy atom. The Morgan fingerprint density at radius 3 is 2.59 bits per heavy atom. The predicted molar refractivity (Wildman–Crippen MR) is 107 cm³/mol. The molecule has 0 aliphatic carbocycles. The number of fused-ring (bicyclic) bond motifs is 1. The van der Waals surface area contributed by atoms with Gasteiger partial charge in [-0.15, -0.1) is 11.8 Å². The first-order valence-electron chi connectivity index (χ1n) is 8.74. The highest BCUT2D eigenvalue weighted by Crippen LogP contribution is 2.32. The molecule has 0 fully saturated rings. The van der Waals surface area contributed by atoms with E-state index < -0.39 is 5.69 Å². The van der Waals surface area contributed by atoms with Crippen molar-refractivity contribution < 1.29 is 4.39 Å². The molecule has 0 saturated heterocycles. The topological polar surface area (TPSA) is 56.9 Å². The predicted octanol–water partition coefficient (Wildman–Crippen LogP) is 3.26. The Bertz CT molecular complexity index is 1120. The molecule has 0 spiro atoms. The fraction of sp³-hybridized carbons (Fsp3) is 0.350. The lowest BCUT2D eigenvalue weighted by Crippen LogP contribution is -2.37. The van der Waals surface area contributed by atoms with Crippen molar-refractivity contribution in [2.75, 3.05) is 0 Å². The number of halogens is 1. The van der Waals surface area contributed by atoms with E-state index in [-0.39, 0.29) is 11.4 Å². The smallest absolute Gasteiger partial charge is 0.280 e. The summed E-state index contributed by atoms with van der Waals surface area (Å²) in [7, 11) is 3.08.